The van der Waals surface area contributed by atoms with Crippen LogP contribution in [0.25, 0.3) is 17.2 Å². The van der Waals surface area contributed by atoms with E-state index in [4.69, 9.17) is 9.47 Å². The second kappa shape index (κ2) is 17.2. The third kappa shape index (κ3) is 9.75. The zero-order chi connectivity index (χ0) is 33.0. The van der Waals surface area contributed by atoms with E-state index in [0.717, 1.165) is 89.3 Å². The van der Waals surface area contributed by atoms with Crippen LogP contribution in [-0.2, 0) is 21.8 Å². The summed E-state index contributed by atoms with van der Waals surface area (Å²) in [6.45, 7) is 13.3. The number of aryl methyl sites for hydroxylation is 1. The van der Waals surface area contributed by atoms with Crippen molar-refractivity contribution in [2.75, 3.05) is 43.1 Å². The van der Waals surface area contributed by atoms with Gasteiger partial charge in [-0.25, -0.2) is 4.98 Å². The Morgan fingerprint density at radius 2 is 1.77 bits per heavy atom. The monoisotopic (exact) mass is 652 g/mol. The van der Waals surface area contributed by atoms with Crippen molar-refractivity contribution in [3.8, 4) is 16.9 Å². The number of hydrogen-bond acceptors (Lipinski definition) is 6. The molecule has 0 saturated carbocycles. The first kappa shape index (κ1) is 34.3. The van der Waals surface area contributed by atoms with Gasteiger partial charge in [-0.05, 0) is 97.0 Å². The number of carbonyl (C=O) groups is 1. The largest absolute Gasteiger partial charge is 0.491 e. The number of aromatic nitrogens is 2. The molecule has 0 radical (unpaired) electrons. The number of imidazole rings is 1. The van der Waals surface area contributed by atoms with Crippen molar-refractivity contribution in [3.05, 3.63) is 96.1 Å². The second-order valence-electron chi connectivity index (χ2n) is 12.3. The summed E-state index contributed by atoms with van der Waals surface area (Å²) in [5.74, 6) is 3.15. The summed E-state index contributed by atoms with van der Waals surface area (Å²) in [5.41, 5.74) is 6.02. The molecule has 0 atom stereocenters. The Bertz CT molecular complexity index is 1610. The molecule has 1 N–H and O–H groups in total. The van der Waals surface area contributed by atoms with E-state index in [1.54, 1.807) is 11.8 Å². The number of nitrogens with zero attached hydrogens (tertiary/aromatic N) is 3. The summed E-state index contributed by atoms with van der Waals surface area (Å²) < 4.78 is 13.6. The maximum absolute atomic E-state index is 13.6. The average Bonchev–Trinajstić information content (AvgIpc) is 3.47. The lowest BCUT2D eigenvalue weighted by Gasteiger charge is -2.27. The van der Waals surface area contributed by atoms with Crippen molar-refractivity contribution in [3.63, 3.8) is 0 Å². The highest BCUT2D eigenvalue weighted by Gasteiger charge is 2.21. The van der Waals surface area contributed by atoms with Crippen LogP contribution < -0.4 is 15.0 Å². The summed E-state index contributed by atoms with van der Waals surface area (Å²) in [6, 6.07) is 22.9. The molecule has 0 saturated heterocycles. The van der Waals surface area contributed by atoms with Crippen molar-refractivity contribution in [2.24, 2.45) is 5.92 Å². The number of carbonyl (C=O) groups excluding carboxylic acids is 1. The van der Waals surface area contributed by atoms with Gasteiger partial charge in [0.2, 0.25) is 0 Å². The molecule has 4 aromatic rings. The van der Waals surface area contributed by atoms with Gasteiger partial charge in [0.15, 0.2) is 0 Å². The van der Waals surface area contributed by atoms with E-state index < -0.39 is 0 Å². The van der Waals surface area contributed by atoms with Gasteiger partial charge in [0.1, 0.15) is 18.2 Å². The molecule has 47 heavy (non-hydrogen) atoms. The lowest BCUT2D eigenvalue weighted by Crippen LogP contribution is -2.29. The first-order valence-corrected chi connectivity index (χ1v) is 17.9. The van der Waals surface area contributed by atoms with Gasteiger partial charge in [-0.1, -0.05) is 45.4 Å². The molecule has 8 heteroatoms. The highest BCUT2D eigenvalue weighted by molar-refractivity contribution is 7.98. The van der Waals surface area contributed by atoms with Gasteiger partial charge in [-0.2, -0.15) is 0 Å². The van der Waals surface area contributed by atoms with Crippen molar-refractivity contribution in [2.45, 2.75) is 64.2 Å². The Kier molecular flexibility index (Phi) is 12.6. The summed E-state index contributed by atoms with van der Waals surface area (Å²) in [6.07, 6.45) is 8.82. The van der Waals surface area contributed by atoms with E-state index >= 15 is 0 Å². The summed E-state index contributed by atoms with van der Waals surface area (Å²) in [7, 11) is 0. The van der Waals surface area contributed by atoms with Crippen LogP contribution in [0.1, 0.15) is 58.3 Å². The standard InChI is InChI=1S/C39H48N4O3S/c1-5-7-22-45-23-24-46-35-13-8-30(9-14-35)31-10-17-37-33(25-31)26-32(18-20-43(37)27-29(3)4)39(44)41-34-11-15-36(16-12-34)47-28-38-40-19-21-42(38)6-2/h8-17,19,21,25-26,29H,5-7,18,20,22-24,27-28H2,1-4H3,(H,41,44). The molecule has 1 aromatic heterocycles. The van der Waals surface area contributed by atoms with Crippen LogP contribution >= 0.6 is 11.8 Å². The van der Waals surface area contributed by atoms with Gasteiger partial charge in [0.25, 0.3) is 5.91 Å². The van der Waals surface area contributed by atoms with Crippen molar-refractivity contribution >= 4 is 35.1 Å². The molecule has 3 aromatic carbocycles. The van der Waals surface area contributed by atoms with Gasteiger partial charge in [-0.3, -0.25) is 4.79 Å². The van der Waals surface area contributed by atoms with Crippen LogP contribution in [0.2, 0.25) is 0 Å². The number of hydrogen-bond donors (Lipinski definition) is 1. The topological polar surface area (TPSA) is 68.6 Å². The van der Waals surface area contributed by atoms with Crippen LogP contribution in [0.5, 0.6) is 5.75 Å². The summed E-state index contributed by atoms with van der Waals surface area (Å²) in [4.78, 5) is 21.6. The number of nitrogens with one attached hydrogen (secondary N) is 1. The lowest BCUT2D eigenvalue weighted by molar-refractivity contribution is -0.112. The molecular weight excluding hydrogens is 605 g/mol. The number of rotatable bonds is 16. The molecule has 0 aliphatic carbocycles. The lowest BCUT2D eigenvalue weighted by atomic mass is 10.00. The molecule has 1 aliphatic heterocycles. The number of anilines is 2. The molecule has 7 nitrogen and oxygen atoms in total. The SMILES string of the molecule is CCCCOCCOc1ccc(-c2ccc3c(c2)C=C(C(=O)Nc2ccc(SCc4nccn4CC)cc2)CCN3CC(C)C)cc1. The van der Waals surface area contributed by atoms with E-state index in [9.17, 15) is 4.79 Å². The third-order valence-electron chi connectivity index (χ3n) is 8.17. The number of ether oxygens (including phenoxy) is 2. The minimum absolute atomic E-state index is 0.0571. The normalized spacial score (nSPS) is 12.9. The zero-order valence-electron chi connectivity index (χ0n) is 28.2. The fourth-order valence-electron chi connectivity index (χ4n) is 5.66. The van der Waals surface area contributed by atoms with Crippen LogP contribution in [0.15, 0.2) is 89.6 Å². The molecule has 1 amide bonds. The minimum atomic E-state index is -0.0571. The molecule has 5 rings (SSSR count). The highest BCUT2D eigenvalue weighted by atomic mass is 32.2. The quantitative estimate of drug-likeness (QED) is 0.0963. The van der Waals surface area contributed by atoms with Crippen LogP contribution in [0.3, 0.4) is 0 Å². The number of benzene rings is 3. The molecule has 0 bridgehead atoms. The maximum atomic E-state index is 13.6. The van der Waals surface area contributed by atoms with Crippen molar-refractivity contribution in [1.29, 1.82) is 0 Å². The highest BCUT2D eigenvalue weighted by Crippen LogP contribution is 2.34. The van der Waals surface area contributed by atoms with Crippen molar-refractivity contribution < 1.29 is 14.3 Å². The number of fused-ring (bicyclic) bond motifs is 1. The Morgan fingerprint density at radius 3 is 2.51 bits per heavy atom. The smallest absolute Gasteiger partial charge is 0.251 e. The Hall–Kier alpha value is -4.01. The summed E-state index contributed by atoms with van der Waals surface area (Å²) in [5, 5.41) is 3.15. The van der Waals surface area contributed by atoms with Gasteiger partial charge >= 0.3 is 0 Å². The first-order valence-electron chi connectivity index (χ1n) is 16.9. The van der Waals surface area contributed by atoms with E-state index in [0.29, 0.717) is 25.6 Å². The zero-order valence-corrected chi connectivity index (χ0v) is 29.0. The Labute approximate surface area is 284 Å². The van der Waals surface area contributed by atoms with E-state index in [1.165, 1.54) is 5.69 Å². The Morgan fingerprint density at radius 1 is 0.979 bits per heavy atom. The number of unbranched alkanes of at least 4 members (excludes halogenated alkanes) is 1. The molecule has 2 heterocycles. The second-order valence-corrected chi connectivity index (χ2v) is 13.3. The molecule has 0 unspecified atom stereocenters. The van der Waals surface area contributed by atoms with E-state index in [1.807, 2.05) is 36.7 Å². The number of thioether (sulfide) groups is 1. The van der Waals surface area contributed by atoms with Gasteiger partial charge in [-0.15, -0.1) is 11.8 Å². The first-order chi connectivity index (χ1) is 22.9. The van der Waals surface area contributed by atoms with E-state index in [-0.39, 0.29) is 5.91 Å². The number of amides is 1. The van der Waals surface area contributed by atoms with Crippen LogP contribution in [0.4, 0.5) is 11.4 Å². The molecule has 0 spiro atoms. The minimum Gasteiger partial charge on any atom is -0.491 e. The Balaban J connectivity index is 1.27. The van der Waals surface area contributed by atoms with Gasteiger partial charge in [0, 0.05) is 60.5 Å². The fourth-order valence-corrected chi connectivity index (χ4v) is 6.52. The summed E-state index contributed by atoms with van der Waals surface area (Å²) >= 11 is 1.74. The van der Waals surface area contributed by atoms with Crippen molar-refractivity contribution in [1.82, 2.24) is 9.55 Å². The maximum Gasteiger partial charge on any atom is 0.251 e. The fraction of sp³-hybridized carbons (Fsp3) is 0.385. The molecule has 1 aliphatic rings. The molecule has 0 fully saturated rings. The van der Waals surface area contributed by atoms with Gasteiger partial charge in [0.05, 0.1) is 12.4 Å². The van der Waals surface area contributed by atoms with Crippen LogP contribution in [0, 0.1) is 5.92 Å². The van der Waals surface area contributed by atoms with E-state index in [2.05, 4.69) is 96.0 Å². The van der Waals surface area contributed by atoms with Gasteiger partial charge < -0.3 is 24.3 Å². The predicted molar refractivity (Wildman–Crippen MR) is 195 cm³/mol. The predicted octanol–water partition coefficient (Wildman–Crippen LogP) is 8.95. The molecule has 248 valence electrons. The van der Waals surface area contributed by atoms with Crippen LogP contribution in [-0.4, -0.2) is 48.4 Å². The third-order valence-corrected chi connectivity index (χ3v) is 9.18. The average molecular weight is 653 g/mol. The molecular formula is C39H48N4O3S.